The van der Waals surface area contributed by atoms with Crippen molar-refractivity contribution < 1.29 is 0 Å². The van der Waals surface area contributed by atoms with E-state index in [4.69, 9.17) is 9.98 Å². The van der Waals surface area contributed by atoms with Gasteiger partial charge in [0.1, 0.15) is 0 Å². The first-order valence-electron chi connectivity index (χ1n) is 19.5. The molecule has 0 radical (unpaired) electrons. The van der Waals surface area contributed by atoms with Gasteiger partial charge in [-0.15, -0.1) is 0 Å². The fraction of sp³-hybridized carbons (Fsp3) is 0.0577. The minimum atomic E-state index is 0.476. The molecule has 0 bridgehead atoms. The molecule has 10 rings (SSSR count). The number of nitrogens with zero attached hydrogens (tertiary/aromatic N) is 5. The highest BCUT2D eigenvalue weighted by molar-refractivity contribution is 6.13. The van der Waals surface area contributed by atoms with E-state index in [1.807, 2.05) is 60.7 Å². The van der Waals surface area contributed by atoms with E-state index in [1.54, 1.807) is 0 Å². The maximum atomic E-state index is 5.08. The second kappa shape index (κ2) is 14.7. The molecule has 272 valence electrons. The first-order valence-corrected chi connectivity index (χ1v) is 19.5. The Morgan fingerprint density at radius 2 is 1.19 bits per heavy atom. The number of aliphatic imine (C=N–C) groups is 3. The lowest BCUT2D eigenvalue weighted by Gasteiger charge is -2.15. The third-order valence-electron chi connectivity index (χ3n) is 11.0. The molecule has 0 saturated carbocycles. The summed E-state index contributed by atoms with van der Waals surface area (Å²) in [5, 5.41) is 3.74. The largest absolute Gasteiger partial charge is 0.313 e. The van der Waals surface area contributed by atoms with E-state index in [1.165, 1.54) is 55.1 Å². The Balaban J connectivity index is 1.05. The molecule has 0 saturated heterocycles. The van der Waals surface area contributed by atoms with E-state index in [0.29, 0.717) is 18.2 Å². The second-order valence-corrected chi connectivity index (χ2v) is 14.4. The van der Waals surface area contributed by atoms with Crippen LogP contribution < -0.4 is 0 Å². The van der Waals surface area contributed by atoms with Gasteiger partial charge < -0.3 is 9.13 Å². The predicted octanol–water partition coefficient (Wildman–Crippen LogP) is 12.4. The Morgan fingerprint density at radius 3 is 1.98 bits per heavy atom. The summed E-state index contributed by atoms with van der Waals surface area (Å²) in [4.78, 5) is 14.3. The average Bonchev–Trinajstić information content (AvgIpc) is 3.79. The molecule has 0 fully saturated rings. The third-order valence-corrected chi connectivity index (χ3v) is 11.0. The molecule has 0 unspecified atom stereocenters. The van der Waals surface area contributed by atoms with Crippen LogP contribution in [0.25, 0.3) is 61.3 Å². The molecule has 9 aromatic rings. The second-order valence-electron chi connectivity index (χ2n) is 14.4. The summed E-state index contributed by atoms with van der Waals surface area (Å²) in [6.07, 6.45) is 6.59. The molecule has 2 heterocycles. The van der Waals surface area contributed by atoms with Crippen LogP contribution in [0.15, 0.2) is 197 Å². The number of para-hydroxylation sites is 2. The normalized spacial score (nSPS) is 13.1. The van der Waals surface area contributed by atoms with Crippen LogP contribution in [0.1, 0.15) is 34.4 Å². The fourth-order valence-electron chi connectivity index (χ4n) is 8.32. The van der Waals surface area contributed by atoms with Gasteiger partial charge in [-0.3, -0.25) is 4.99 Å². The van der Waals surface area contributed by atoms with Crippen LogP contribution in [0, 0.1) is 0 Å². The number of amidine groups is 2. The van der Waals surface area contributed by atoms with Crippen molar-refractivity contribution in [2.75, 3.05) is 0 Å². The molecule has 5 heteroatoms. The Bertz CT molecular complexity index is 3040. The lowest BCUT2D eigenvalue weighted by molar-refractivity contribution is 0.888. The van der Waals surface area contributed by atoms with E-state index in [9.17, 15) is 0 Å². The van der Waals surface area contributed by atoms with Gasteiger partial charge in [-0.1, -0.05) is 140 Å². The minimum Gasteiger partial charge on any atom is -0.313 e. The van der Waals surface area contributed by atoms with Gasteiger partial charge >= 0.3 is 0 Å². The van der Waals surface area contributed by atoms with Crippen molar-refractivity contribution in [1.29, 1.82) is 0 Å². The van der Waals surface area contributed by atoms with Crippen molar-refractivity contribution in [2.24, 2.45) is 15.0 Å². The highest BCUT2D eigenvalue weighted by Crippen LogP contribution is 2.38. The van der Waals surface area contributed by atoms with E-state index in [2.05, 4.69) is 148 Å². The van der Waals surface area contributed by atoms with Crippen molar-refractivity contribution in [3.63, 3.8) is 0 Å². The summed E-state index contributed by atoms with van der Waals surface area (Å²) in [5.41, 5.74) is 13.9. The van der Waals surface area contributed by atoms with Crippen LogP contribution in [-0.4, -0.2) is 27.5 Å². The lowest BCUT2D eigenvalue weighted by Crippen LogP contribution is -2.05. The van der Waals surface area contributed by atoms with Gasteiger partial charge in [0.05, 0.1) is 23.1 Å². The SMILES string of the molecule is C=NC(=NC(=NCc1ccc2c(c1)c1c(n2-c2cccc(-c3ccc4c5ccccc5n(-c5ccccc5)c4c3)c2)CCC=C1)c1ccccc1)c1ccccc1. The quantitative estimate of drug-likeness (QED) is 0.116. The summed E-state index contributed by atoms with van der Waals surface area (Å²) in [5.74, 6) is 1.17. The zero-order valence-electron chi connectivity index (χ0n) is 31.5. The predicted molar refractivity (Wildman–Crippen MR) is 240 cm³/mol. The molecule has 5 nitrogen and oxygen atoms in total. The number of benzene rings is 7. The molecule has 0 amide bonds. The summed E-state index contributed by atoms with van der Waals surface area (Å²) >= 11 is 0. The van der Waals surface area contributed by atoms with E-state index in [0.717, 1.165) is 40.9 Å². The van der Waals surface area contributed by atoms with Gasteiger partial charge in [0, 0.05) is 49.9 Å². The van der Waals surface area contributed by atoms with Gasteiger partial charge in [0.25, 0.3) is 0 Å². The van der Waals surface area contributed by atoms with Crippen LogP contribution in [0.3, 0.4) is 0 Å². The molecular formula is C52H39N5. The van der Waals surface area contributed by atoms with Crippen molar-refractivity contribution in [2.45, 2.75) is 19.4 Å². The molecule has 2 aromatic heterocycles. The van der Waals surface area contributed by atoms with Gasteiger partial charge in [0.2, 0.25) is 0 Å². The van der Waals surface area contributed by atoms with Crippen molar-refractivity contribution in [3.05, 3.63) is 210 Å². The summed E-state index contributed by atoms with van der Waals surface area (Å²) in [6.45, 7) is 4.29. The maximum absolute atomic E-state index is 5.08. The Labute approximate surface area is 332 Å². The van der Waals surface area contributed by atoms with Gasteiger partial charge in [-0.25, -0.2) is 9.98 Å². The third kappa shape index (κ3) is 6.29. The summed E-state index contributed by atoms with van der Waals surface area (Å²) in [7, 11) is 0. The van der Waals surface area contributed by atoms with Gasteiger partial charge in [-0.05, 0) is 84.8 Å². The number of fused-ring (bicyclic) bond motifs is 6. The van der Waals surface area contributed by atoms with E-state index < -0.39 is 0 Å². The summed E-state index contributed by atoms with van der Waals surface area (Å²) < 4.78 is 4.85. The number of allylic oxidation sites excluding steroid dienone is 1. The summed E-state index contributed by atoms with van der Waals surface area (Å²) in [6, 6.07) is 62.0. The monoisotopic (exact) mass is 733 g/mol. The zero-order valence-corrected chi connectivity index (χ0v) is 31.5. The van der Waals surface area contributed by atoms with Gasteiger partial charge in [0.15, 0.2) is 11.7 Å². The maximum Gasteiger partial charge on any atom is 0.161 e. The fourth-order valence-corrected chi connectivity index (χ4v) is 8.32. The van der Waals surface area contributed by atoms with Crippen molar-refractivity contribution in [1.82, 2.24) is 9.13 Å². The van der Waals surface area contributed by atoms with Crippen LogP contribution in [0.4, 0.5) is 0 Å². The van der Waals surface area contributed by atoms with E-state index >= 15 is 0 Å². The molecule has 1 aliphatic rings. The number of aromatic nitrogens is 2. The number of hydrogen-bond donors (Lipinski definition) is 0. The highest BCUT2D eigenvalue weighted by Gasteiger charge is 2.20. The zero-order chi connectivity index (χ0) is 38.1. The molecular weight excluding hydrogens is 695 g/mol. The van der Waals surface area contributed by atoms with Crippen molar-refractivity contribution >= 4 is 57.2 Å². The molecule has 1 aliphatic carbocycles. The van der Waals surface area contributed by atoms with E-state index in [-0.39, 0.29) is 0 Å². The Kier molecular flexibility index (Phi) is 8.81. The van der Waals surface area contributed by atoms with Crippen LogP contribution >= 0.6 is 0 Å². The lowest BCUT2D eigenvalue weighted by atomic mass is 10.0. The highest BCUT2D eigenvalue weighted by atomic mass is 15.0. The molecule has 57 heavy (non-hydrogen) atoms. The Hall–Kier alpha value is -7.37. The first kappa shape index (κ1) is 34.1. The molecule has 7 aromatic carbocycles. The molecule has 0 N–H and O–H groups in total. The topological polar surface area (TPSA) is 46.9 Å². The average molecular weight is 734 g/mol. The Morgan fingerprint density at radius 1 is 0.526 bits per heavy atom. The standard InChI is InChI=1S/C52H39N5/c1-53-51(37-16-5-2-6-17-37)55-52(38-18-7-3-8-19-38)54-35-36-28-31-49-46(32-36)44-25-12-14-27-48(44)57(49)42-23-15-20-39(33-42)40-29-30-45-43-24-11-13-26-47(43)56(50(45)34-40)41-21-9-4-10-22-41/h2-13,15-26,28-34H,1,14,27,35H2. The van der Waals surface area contributed by atoms with Gasteiger partial charge in [-0.2, -0.15) is 0 Å². The van der Waals surface area contributed by atoms with Crippen LogP contribution in [-0.2, 0) is 13.0 Å². The smallest absolute Gasteiger partial charge is 0.161 e. The molecule has 0 spiro atoms. The first-order chi connectivity index (χ1) is 28.2. The van der Waals surface area contributed by atoms with Crippen LogP contribution in [0.5, 0.6) is 0 Å². The minimum absolute atomic E-state index is 0.476. The molecule has 0 aliphatic heterocycles. The number of hydrogen-bond acceptors (Lipinski definition) is 1. The van der Waals surface area contributed by atoms with Crippen LogP contribution in [0.2, 0.25) is 0 Å². The number of rotatable bonds is 7. The molecule has 0 atom stereocenters. The van der Waals surface area contributed by atoms with Crippen molar-refractivity contribution in [3.8, 4) is 22.5 Å².